The van der Waals surface area contributed by atoms with E-state index in [0.29, 0.717) is 13.1 Å². The summed E-state index contributed by atoms with van der Waals surface area (Å²) in [7, 11) is 0. The van der Waals surface area contributed by atoms with Gasteiger partial charge in [0.2, 0.25) is 0 Å². The van der Waals surface area contributed by atoms with Gasteiger partial charge in [0.25, 0.3) is 0 Å². The molecule has 1 rings (SSSR count). The second-order valence-electron chi connectivity index (χ2n) is 3.60. The Morgan fingerprint density at radius 1 is 1.41 bits per heavy atom. The third-order valence-corrected chi connectivity index (χ3v) is 2.05. The first-order valence-corrected chi connectivity index (χ1v) is 5.56. The quantitative estimate of drug-likeness (QED) is 0.826. The molecular weight excluding hydrogens is 223 g/mol. The number of nitrogens with one attached hydrogen (secondary N) is 2. The molecule has 0 heterocycles. The molecule has 2 amide bonds. The van der Waals surface area contributed by atoms with Crippen molar-refractivity contribution in [1.29, 1.82) is 0 Å². The zero-order valence-corrected chi connectivity index (χ0v) is 10.00. The van der Waals surface area contributed by atoms with Crippen molar-refractivity contribution < 1.29 is 13.9 Å². The van der Waals surface area contributed by atoms with Crippen LogP contribution < -0.4 is 15.4 Å². The van der Waals surface area contributed by atoms with E-state index in [9.17, 15) is 9.18 Å². The Labute approximate surface area is 100 Å². The van der Waals surface area contributed by atoms with Crippen molar-refractivity contribution in [3.8, 4) is 5.75 Å². The standard InChI is InChI=1S/C12H17FN2O2/c1-3-14-12(16)15-8-9(2)17-11-7-5-4-6-10(11)13/h4-7,9H,3,8H2,1-2H3,(H2,14,15,16). The number of hydrogen-bond donors (Lipinski definition) is 2. The number of amides is 2. The van der Waals surface area contributed by atoms with Gasteiger partial charge in [0.1, 0.15) is 6.10 Å². The summed E-state index contributed by atoms with van der Waals surface area (Å²) >= 11 is 0. The lowest BCUT2D eigenvalue weighted by Crippen LogP contribution is -2.40. The van der Waals surface area contributed by atoms with Gasteiger partial charge in [0.15, 0.2) is 11.6 Å². The predicted molar refractivity (Wildman–Crippen MR) is 63.6 cm³/mol. The molecule has 2 N–H and O–H groups in total. The van der Waals surface area contributed by atoms with Crippen LogP contribution in [0.2, 0.25) is 0 Å². The summed E-state index contributed by atoms with van der Waals surface area (Å²) in [5, 5.41) is 5.22. The van der Waals surface area contributed by atoms with E-state index in [0.717, 1.165) is 0 Å². The molecular formula is C12H17FN2O2. The Bertz CT molecular complexity index is 371. The van der Waals surface area contributed by atoms with E-state index in [-0.39, 0.29) is 17.9 Å². The van der Waals surface area contributed by atoms with Gasteiger partial charge in [-0.25, -0.2) is 9.18 Å². The molecule has 5 heteroatoms. The molecule has 4 nitrogen and oxygen atoms in total. The van der Waals surface area contributed by atoms with E-state index in [4.69, 9.17) is 4.74 Å². The molecule has 0 radical (unpaired) electrons. The fraction of sp³-hybridized carbons (Fsp3) is 0.417. The number of rotatable bonds is 5. The number of hydrogen-bond acceptors (Lipinski definition) is 2. The maximum absolute atomic E-state index is 13.2. The lowest BCUT2D eigenvalue weighted by atomic mass is 10.3. The van der Waals surface area contributed by atoms with Crippen molar-refractivity contribution in [2.24, 2.45) is 0 Å². The first kappa shape index (κ1) is 13.3. The summed E-state index contributed by atoms with van der Waals surface area (Å²) in [6.07, 6.45) is -0.297. The number of urea groups is 1. The van der Waals surface area contributed by atoms with E-state index >= 15 is 0 Å². The molecule has 1 aromatic carbocycles. The average Bonchev–Trinajstić information content (AvgIpc) is 2.30. The molecule has 0 fully saturated rings. The van der Waals surface area contributed by atoms with Gasteiger partial charge >= 0.3 is 6.03 Å². The predicted octanol–water partition coefficient (Wildman–Crippen LogP) is 1.91. The van der Waals surface area contributed by atoms with Crippen molar-refractivity contribution in [3.05, 3.63) is 30.1 Å². The van der Waals surface area contributed by atoms with Crippen LogP contribution in [0.25, 0.3) is 0 Å². The van der Waals surface area contributed by atoms with Crippen LogP contribution in [0.1, 0.15) is 13.8 Å². The first-order valence-electron chi connectivity index (χ1n) is 5.56. The molecule has 0 aliphatic rings. The van der Waals surface area contributed by atoms with Crippen LogP contribution in [0.3, 0.4) is 0 Å². The van der Waals surface area contributed by atoms with Gasteiger partial charge in [-0.15, -0.1) is 0 Å². The first-order chi connectivity index (χ1) is 8.13. The molecule has 0 saturated carbocycles. The van der Waals surface area contributed by atoms with Crippen molar-refractivity contribution in [2.75, 3.05) is 13.1 Å². The monoisotopic (exact) mass is 240 g/mol. The normalized spacial score (nSPS) is 11.7. The van der Waals surface area contributed by atoms with Crippen molar-refractivity contribution >= 4 is 6.03 Å². The smallest absolute Gasteiger partial charge is 0.314 e. The van der Waals surface area contributed by atoms with Crippen LogP contribution in [0.4, 0.5) is 9.18 Å². The highest BCUT2D eigenvalue weighted by Gasteiger charge is 2.08. The minimum atomic E-state index is -0.405. The Morgan fingerprint density at radius 2 is 2.12 bits per heavy atom. The molecule has 0 aromatic heterocycles. The van der Waals surface area contributed by atoms with Crippen LogP contribution in [0.15, 0.2) is 24.3 Å². The molecule has 17 heavy (non-hydrogen) atoms. The number of carbonyl (C=O) groups is 1. The minimum Gasteiger partial charge on any atom is -0.486 e. The van der Waals surface area contributed by atoms with Crippen LogP contribution in [0, 0.1) is 5.82 Å². The lowest BCUT2D eigenvalue weighted by molar-refractivity contribution is 0.201. The van der Waals surface area contributed by atoms with Crippen LogP contribution >= 0.6 is 0 Å². The summed E-state index contributed by atoms with van der Waals surface area (Å²) in [4.78, 5) is 11.1. The van der Waals surface area contributed by atoms with E-state index in [1.54, 1.807) is 25.1 Å². The fourth-order valence-electron chi connectivity index (χ4n) is 1.26. The van der Waals surface area contributed by atoms with Crippen molar-refractivity contribution in [1.82, 2.24) is 10.6 Å². The third kappa shape index (κ3) is 4.72. The molecule has 0 bridgehead atoms. The number of ether oxygens (including phenoxy) is 1. The van der Waals surface area contributed by atoms with Gasteiger partial charge in [-0.3, -0.25) is 0 Å². The maximum atomic E-state index is 13.2. The van der Waals surface area contributed by atoms with Gasteiger partial charge < -0.3 is 15.4 Å². The van der Waals surface area contributed by atoms with Gasteiger partial charge in [0, 0.05) is 6.54 Å². The molecule has 1 aromatic rings. The molecule has 0 aliphatic heterocycles. The molecule has 94 valence electrons. The summed E-state index contributed by atoms with van der Waals surface area (Å²) in [6, 6.07) is 5.93. The molecule has 0 saturated heterocycles. The molecule has 0 aliphatic carbocycles. The zero-order valence-electron chi connectivity index (χ0n) is 10.00. The Hall–Kier alpha value is -1.78. The van der Waals surface area contributed by atoms with E-state index in [2.05, 4.69) is 10.6 Å². The number of para-hydroxylation sites is 1. The van der Waals surface area contributed by atoms with E-state index < -0.39 is 5.82 Å². The molecule has 0 spiro atoms. The lowest BCUT2D eigenvalue weighted by Gasteiger charge is -2.15. The average molecular weight is 240 g/mol. The van der Waals surface area contributed by atoms with Crippen molar-refractivity contribution in [3.63, 3.8) is 0 Å². The van der Waals surface area contributed by atoms with Gasteiger partial charge in [-0.05, 0) is 26.0 Å². The Morgan fingerprint density at radius 3 is 2.76 bits per heavy atom. The summed E-state index contributed by atoms with van der Waals surface area (Å²) in [5.74, 6) is -0.213. The fourth-order valence-corrected chi connectivity index (χ4v) is 1.26. The largest absolute Gasteiger partial charge is 0.486 e. The Balaban J connectivity index is 2.37. The van der Waals surface area contributed by atoms with Crippen LogP contribution in [-0.4, -0.2) is 25.2 Å². The number of halogens is 1. The second-order valence-corrected chi connectivity index (χ2v) is 3.60. The summed E-state index contributed by atoms with van der Waals surface area (Å²) in [5.41, 5.74) is 0. The topological polar surface area (TPSA) is 50.4 Å². The van der Waals surface area contributed by atoms with E-state index in [1.807, 2.05) is 6.92 Å². The van der Waals surface area contributed by atoms with Crippen LogP contribution in [-0.2, 0) is 0 Å². The van der Waals surface area contributed by atoms with Gasteiger partial charge in [0.05, 0.1) is 6.54 Å². The zero-order chi connectivity index (χ0) is 12.7. The highest BCUT2D eigenvalue weighted by molar-refractivity contribution is 5.73. The van der Waals surface area contributed by atoms with Gasteiger partial charge in [-0.2, -0.15) is 0 Å². The highest BCUT2D eigenvalue weighted by Crippen LogP contribution is 2.16. The molecule has 1 atom stereocenters. The SMILES string of the molecule is CCNC(=O)NCC(C)Oc1ccccc1F. The van der Waals surface area contributed by atoms with Gasteiger partial charge in [-0.1, -0.05) is 12.1 Å². The third-order valence-electron chi connectivity index (χ3n) is 2.05. The van der Waals surface area contributed by atoms with E-state index in [1.165, 1.54) is 6.07 Å². The number of carbonyl (C=O) groups excluding carboxylic acids is 1. The minimum absolute atomic E-state index is 0.192. The second kappa shape index (κ2) is 6.73. The number of benzene rings is 1. The van der Waals surface area contributed by atoms with Crippen molar-refractivity contribution in [2.45, 2.75) is 20.0 Å². The molecule has 1 unspecified atom stereocenters. The maximum Gasteiger partial charge on any atom is 0.314 e. The Kier molecular flexibility index (Phi) is 5.26. The summed E-state index contributed by atoms with van der Waals surface area (Å²) in [6.45, 7) is 4.48. The highest BCUT2D eigenvalue weighted by atomic mass is 19.1. The summed E-state index contributed by atoms with van der Waals surface area (Å²) < 4.78 is 18.6. The van der Waals surface area contributed by atoms with Crippen LogP contribution in [0.5, 0.6) is 5.75 Å².